The van der Waals surface area contributed by atoms with Crippen LogP contribution in [-0.2, 0) is 6.54 Å². The van der Waals surface area contributed by atoms with Crippen molar-refractivity contribution >= 4 is 5.97 Å². The van der Waals surface area contributed by atoms with Gasteiger partial charge < -0.3 is 19.6 Å². The van der Waals surface area contributed by atoms with Crippen molar-refractivity contribution in [3.05, 3.63) is 35.3 Å². The molecule has 0 unspecified atom stereocenters. The lowest BCUT2D eigenvalue weighted by Crippen LogP contribution is -2.10. The number of carbonyl (C=O) groups is 1. The summed E-state index contributed by atoms with van der Waals surface area (Å²) in [5.41, 5.74) is 0.790. The Bertz CT molecular complexity index is 652. The number of phenolic OH excluding ortho intramolecular Hbond substituents is 1. The van der Waals surface area contributed by atoms with Crippen LogP contribution in [0.1, 0.15) is 16.1 Å². The predicted octanol–water partition coefficient (Wildman–Crippen LogP) is 1.95. The molecule has 7 heteroatoms. The Labute approximate surface area is 114 Å². The number of aromatic nitrogens is 1. The summed E-state index contributed by atoms with van der Waals surface area (Å²) < 4.78 is 18.3. The number of rotatable bonds is 4. The molecule has 20 heavy (non-hydrogen) atoms. The summed E-state index contributed by atoms with van der Waals surface area (Å²) in [5.74, 6) is -3.04. The summed E-state index contributed by atoms with van der Waals surface area (Å²) in [5, 5.41) is 22.0. The molecule has 1 heterocycles. The van der Waals surface area contributed by atoms with E-state index in [1.807, 2.05) is 19.0 Å². The Morgan fingerprint density at radius 2 is 2.10 bits per heavy atom. The second-order valence-electron chi connectivity index (χ2n) is 4.59. The van der Waals surface area contributed by atoms with E-state index in [9.17, 15) is 14.3 Å². The van der Waals surface area contributed by atoms with E-state index in [4.69, 9.17) is 5.11 Å². The summed E-state index contributed by atoms with van der Waals surface area (Å²) in [6.07, 6.45) is 0. The lowest BCUT2D eigenvalue weighted by atomic mass is 10.1. The number of aromatic hydroxyl groups is 1. The van der Waals surface area contributed by atoms with Crippen LogP contribution >= 0.6 is 0 Å². The number of phenols is 1. The standard InChI is InChI=1S/C13H13FN2O4/c1-16(2)6-7-3-8(12(17)9(14)4-7)10-5-11(13(18)19)20-15-10/h3-5,17H,6H2,1-2H3,(H,18,19). The fraction of sp³-hybridized carbons (Fsp3) is 0.231. The Morgan fingerprint density at radius 1 is 1.40 bits per heavy atom. The van der Waals surface area contributed by atoms with E-state index in [2.05, 4.69) is 9.68 Å². The highest BCUT2D eigenvalue weighted by atomic mass is 19.1. The predicted molar refractivity (Wildman–Crippen MR) is 67.9 cm³/mol. The number of aromatic carboxylic acids is 1. The first kappa shape index (κ1) is 14.0. The fourth-order valence-corrected chi connectivity index (χ4v) is 1.81. The van der Waals surface area contributed by atoms with Crippen LogP contribution in [0.2, 0.25) is 0 Å². The second kappa shape index (κ2) is 5.30. The lowest BCUT2D eigenvalue weighted by molar-refractivity contribution is 0.0652. The summed E-state index contributed by atoms with van der Waals surface area (Å²) in [6.45, 7) is 0.466. The van der Waals surface area contributed by atoms with E-state index in [1.54, 1.807) is 6.07 Å². The van der Waals surface area contributed by atoms with Gasteiger partial charge in [0.1, 0.15) is 5.69 Å². The van der Waals surface area contributed by atoms with Crippen LogP contribution < -0.4 is 0 Å². The zero-order chi connectivity index (χ0) is 14.9. The molecule has 1 aromatic heterocycles. The van der Waals surface area contributed by atoms with Crippen molar-refractivity contribution in [2.24, 2.45) is 0 Å². The quantitative estimate of drug-likeness (QED) is 0.890. The van der Waals surface area contributed by atoms with Crippen LogP contribution in [0.4, 0.5) is 4.39 Å². The molecule has 0 aliphatic carbocycles. The van der Waals surface area contributed by atoms with Gasteiger partial charge in [-0.25, -0.2) is 9.18 Å². The van der Waals surface area contributed by atoms with Crippen molar-refractivity contribution in [3.63, 3.8) is 0 Å². The lowest BCUT2D eigenvalue weighted by Gasteiger charge is -2.11. The van der Waals surface area contributed by atoms with Gasteiger partial charge in [-0.15, -0.1) is 0 Å². The molecule has 0 bridgehead atoms. The van der Waals surface area contributed by atoms with Gasteiger partial charge in [-0.2, -0.15) is 0 Å². The zero-order valence-electron chi connectivity index (χ0n) is 10.9. The molecule has 2 rings (SSSR count). The monoisotopic (exact) mass is 280 g/mol. The summed E-state index contributed by atoms with van der Waals surface area (Å²) in [6, 6.07) is 3.90. The van der Waals surface area contributed by atoms with E-state index in [0.717, 1.165) is 6.07 Å². The molecule has 0 amide bonds. The summed E-state index contributed by atoms with van der Waals surface area (Å²) in [4.78, 5) is 12.6. The minimum absolute atomic E-state index is 0.0689. The van der Waals surface area contributed by atoms with E-state index < -0.39 is 17.5 Å². The van der Waals surface area contributed by atoms with Crippen LogP contribution in [0, 0.1) is 5.82 Å². The molecular formula is C13H13FN2O4. The van der Waals surface area contributed by atoms with E-state index >= 15 is 0 Å². The number of hydrogen-bond acceptors (Lipinski definition) is 5. The highest BCUT2D eigenvalue weighted by Crippen LogP contribution is 2.32. The number of carboxylic acids is 1. The fourth-order valence-electron chi connectivity index (χ4n) is 1.81. The number of benzene rings is 1. The molecule has 2 N–H and O–H groups in total. The third-order valence-electron chi connectivity index (χ3n) is 2.62. The number of hydrogen-bond donors (Lipinski definition) is 2. The maximum Gasteiger partial charge on any atom is 0.374 e. The Kier molecular flexibility index (Phi) is 3.71. The number of nitrogens with zero attached hydrogens (tertiary/aromatic N) is 2. The van der Waals surface area contributed by atoms with Crippen LogP contribution in [-0.4, -0.2) is 40.3 Å². The average Bonchev–Trinajstić information content (AvgIpc) is 2.82. The largest absolute Gasteiger partial charge is 0.504 e. The summed E-state index contributed by atoms with van der Waals surface area (Å²) in [7, 11) is 3.64. The molecule has 0 atom stereocenters. The highest BCUT2D eigenvalue weighted by molar-refractivity contribution is 5.86. The van der Waals surface area contributed by atoms with Crippen molar-refractivity contribution in [2.45, 2.75) is 6.54 Å². The van der Waals surface area contributed by atoms with E-state index in [0.29, 0.717) is 12.1 Å². The zero-order valence-corrected chi connectivity index (χ0v) is 10.9. The Morgan fingerprint density at radius 3 is 2.65 bits per heavy atom. The molecule has 1 aromatic carbocycles. The first-order valence-electron chi connectivity index (χ1n) is 5.75. The molecule has 0 saturated heterocycles. The molecule has 0 aliphatic rings. The summed E-state index contributed by atoms with van der Waals surface area (Å²) >= 11 is 0. The molecule has 106 valence electrons. The topological polar surface area (TPSA) is 86.8 Å². The van der Waals surface area contributed by atoms with E-state index in [1.165, 1.54) is 6.07 Å². The van der Waals surface area contributed by atoms with Gasteiger partial charge in [-0.05, 0) is 31.8 Å². The van der Waals surface area contributed by atoms with Crippen LogP contribution in [0.15, 0.2) is 22.7 Å². The van der Waals surface area contributed by atoms with Gasteiger partial charge >= 0.3 is 5.97 Å². The van der Waals surface area contributed by atoms with Crippen molar-refractivity contribution < 1.29 is 23.9 Å². The Balaban J connectivity index is 2.48. The van der Waals surface area contributed by atoms with Gasteiger partial charge in [0.15, 0.2) is 11.6 Å². The SMILES string of the molecule is CN(C)Cc1cc(F)c(O)c(-c2cc(C(=O)O)on2)c1. The molecular weight excluding hydrogens is 267 g/mol. The second-order valence-corrected chi connectivity index (χ2v) is 4.59. The van der Waals surface area contributed by atoms with Crippen LogP contribution in [0.3, 0.4) is 0 Å². The van der Waals surface area contributed by atoms with Crippen molar-refractivity contribution in [1.29, 1.82) is 0 Å². The molecule has 0 saturated carbocycles. The van der Waals surface area contributed by atoms with Crippen molar-refractivity contribution in [1.82, 2.24) is 10.1 Å². The first-order valence-corrected chi connectivity index (χ1v) is 5.75. The number of carboxylic acid groups (broad SMARTS) is 1. The van der Waals surface area contributed by atoms with Gasteiger partial charge in [0, 0.05) is 18.2 Å². The van der Waals surface area contributed by atoms with Gasteiger partial charge in [-0.3, -0.25) is 0 Å². The number of halogens is 1. The normalized spacial score (nSPS) is 11.0. The van der Waals surface area contributed by atoms with Crippen molar-refractivity contribution in [3.8, 4) is 17.0 Å². The van der Waals surface area contributed by atoms with Crippen LogP contribution in [0.5, 0.6) is 5.75 Å². The smallest absolute Gasteiger partial charge is 0.374 e. The molecule has 6 nitrogen and oxygen atoms in total. The Hall–Kier alpha value is -2.41. The molecule has 0 aliphatic heterocycles. The molecule has 0 fully saturated rings. The maximum atomic E-state index is 13.7. The minimum Gasteiger partial charge on any atom is -0.504 e. The molecule has 2 aromatic rings. The minimum atomic E-state index is -1.28. The van der Waals surface area contributed by atoms with Crippen molar-refractivity contribution in [2.75, 3.05) is 14.1 Å². The molecule has 0 spiro atoms. The first-order chi connectivity index (χ1) is 9.38. The van der Waals surface area contributed by atoms with Crippen LogP contribution in [0.25, 0.3) is 11.3 Å². The van der Waals surface area contributed by atoms with Gasteiger partial charge in [0.05, 0.1) is 0 Å². The van der Waals surface area contributed by atoms with Gasteiger partial charge in [-0.1, -0.05) is 5.16 Å². The third-order valence-corrected chi connectivity index (χ3v) is 2.62. The maximum absolute atomic E-state index is 13.7. The van der Waals surface area contributed by atoms with E-state index in [-0.39, 0.29) is 17.0 Å². The third kappa shape index (κ3) is 2.77. The van der Waals surface area contributed by atoms with Gasteiger partial charge in [0.25, 0.3) is 0 Å². The average molecular weight is 280 g/mol. The molecule has 0 radical (unpaired) electrons. The highest BCUT2D eigenvalue weighted by Gasteiger charge is 2.18. The van der Waals surface area contributed by atoms with Gasteiger partial charge in [0.2, 0.25) is 5.76 Å².